The topological polar surface area (TPSA) is 142 Å². The van der Waals surface area contributed by atoms with Gasteiger partial charge in [-0.3, -0.25) is 19.5 Å². The van der Waals surface area contributed by atoms with Gasteiger partial charge < -0.3 is 11.5 Å². The summed E-state index contributed by atoms with van der Waals surface area (Å²) in [6.07, 6.45) is 0.0644. The summed E-state index contributed by atoms with van der Waals surface area (Å²) >= 11 is 0. The Morgan fingerprint density at radius 3 is 2.00 bits per heavy atom. The van der Waals surface area contributed by atoms with Crippen LogP contribution in [0.2, 0.25) is 0 Å². The van der Waals surface area contributed by atoms with E-state index in [-0.39, 0.29) is 41.6 Å². The van der Waals surface area contributed by atoms with Gasteiger partial charge in [0, 0.05) is 6.07 Å². The van der Waals surface area contributed by atoms with E-state index < -0.39 is 11.5 Å². The first-order chi connectivity index (χ1) is 14.9. The fraction of sp³-hybridized carbons (Fsp3) is 0.0909. The highest BCUT2D eigenvalue weighted by Gasteiger charge is 2.24. The number of nitrogens with one attached hydrogen (secondary N) is 1. The average Bonchev–Trinajstić information content (AvgIpc) is 3.28. The molecule has 0 unspecified atom stereocenters. The van der Waals surface area contributed by atoms with Crippen LogP contribution in [0.3, 0.4) is 0 Å². The van der Waals surface area contributed by atoms with E-state index in [9.17, 15) is 14.4 Å². The normalized spacial score (nSPS) is 10.8. The van der Waals surface area contributed by atoms with Crippen molar-refractivity contribution < 1.29 is 9.59 Å². The van der Waals surface area contributed by atoms with Gasteiger partial charge in [-0.15, -0.1) is 5.10 Å². The van der Waals surface area contributed by atoms with Gasteiger partial charge in [0.05, 0.1) is 18.5 Å². The minimum Gasteiger partial charge on any atom is -0.383 e. The van der Waals surface area contributed by atoms with Gasteiger partial charge in [0.15, 0.2) is 0 Å². The van der Waals surface area contributed by atoms with Crippen molar-refractivity contribution >= 4 is 23.5 Å². The van der Waals surface area contributed by atoms with Crippen LogP contribution in [0.4, 0.5) is 11.6 Å². The molecule has 2 heterocycles. The lowest BCUT2D eigenvalue weighted by atomic mass is 10.1. The van der Waals surface area contributed by atoms with Crippen molar-refractivity contribution in [1.29, 1.82) is 0 Å². The molecule has 0 aliphatic rings. The molecule has 4 rings (SSSR count). The molecule has 0 bridgehead atoms. The molecular weight excluding hydrogens is 396 g/mol. The quantitative estimate of drug-likeness (QED) is 0.454. The largest absolute Gasteiger partial charge is 0.383 e. The van der Waals surface area contributed by atoms with Gasteiger partial charge in [-0.05, 0) is 11.1 Å². The number of aromatic nitrogens is 4. The molecule has 5 N–H and O–H groups in total. The number of carbonyl (C=O) groups excluding carboxylic acids is 2. The zero-order valence-electron chi connectivity index (χ0n) is 16.5. The Bertz CT molecular complexity index is 1300. The highest BCUT2D eigenvalue weighted by Crippen LogP contribution is 2.24. The summed E-state index contributed by atoms with van der Waals surface area (Å²) in [5, 5.41) is 6.63. The maximum atomic E-state index is 13.0. The maximum Gasteiger partial charge on any atom is 0.285 e. The minimum atomic E-state index is -0.674. The van der Waals surface area contributed by atoms with E-state index in [2.05, 4.69) is 10.2 Å². The monoisotopic (exact) mass is 416 g/mol. The van der Waals surface area contributed by atoms with E-state index in [4.69, 9.17) is 11.5 Å². The third-order valence-corrected chi connectivity index (χ3v) is 4.78. The van der Waals surface area contributed by atoms with Gasteiger partial charge in [0.2, 0.25) is 0 Å². The molecule has 0 amide bonds. The number of rotatable bonds is 5. The van der Waals surface area contributed by atoms with E-state index >= 15 is 0 Å². The van der Waals surface area contributed by atoms with Crippen molar-refractivity contribution in [3.05, 3.63) is 88.2 Å². The van der Waals surface area contributed by atoms with Crippen molar-refractivity contribution in [2.75, 3.05) is 11.5 Å². The summed E-state index contributed by atoms with van der Waals surface area (Å²) in [5.41, 5.74) is 12.8. The molecule has 0 radical (unpaired) electrons. The van der Waals surface area contributed by atoms with Crippen LogP contribution in [0.1, 0.15) is 20.7 Å². The van der Waals surface area contributed by atoms with Crippen molar-refractivity contribution in [3.8, 4) is 11.3 Å². The molecule has 9 heteroatoms. The second kappa shape index (κ2) is 8.15. The van der Waals surface area contributed by atoms with Gasteiger partial charge in [-0.1, -0.05) is 60.7 Å². The Kier molecular flexibility index (Phi) is 5.23. The predicted molar refractivity (Wildman–Crippen MR) is 117 cm³/mol. The molecule has 156 valence electrons. The van der Waals surface area contributed by atoms with E-state index in [1.165, 1.54) is 6.07 Å². The van der Waals surface area contributed by atoms with Crippen LogP contribution in [0.15, 0.2) is 71.5 Å². The Hall–Kier alpha value is -4.40. The smallest absolute Gasteiger partial charge is 0.285 e. The molecule has 2 aromatic carbocycles. The summed E-state index contributed by atoms with van der Waals surface area (Å²) in [5.74, 6) is -0.873. The number of nitrogens with two attached hydrogens (primary N) is 2. The van der Waals surface area contributed by atoms with Crippen LogP contribution in [0, 0.1) is 0 Å². The van der Waals surface area contributed by atoms with Crippen LogP contribution < -0.4 is 17.0 Å². The molecule has 31 heavy (non-hydrogen) atoms. The summed E-state index contributed by atoms with van der Waals surface area (Å²) < 4.78 is 1.89. The van der Waals surface area contributed by atoms with Gasteiger partial charge in [0.1, 0.15) is 17.2 Å². The highest BCUT2D eigenvalue weighted by atomic mass is 16.2. The zero-order chi connectivity index (χ0) is 22.0. The SMILES string of the molecule is Nc1cc(-c2c(N)[nH]n(C(=O)Cc3ccccc3)c2=O)n(C(=O)Cc2ccccc2)n1. The lowest BCUT2D eigenvalue weighted by molar-refractivity contribution is 0.0890. The zero-order valence-corrected chi connectivity index (χ0v) is 16.5. The molecule has 4 aromatic rings. The van der Waals surface area contributed by atoms with Crippen molar-refractivity contribution in [1.82, 2.24) is 19.6 Å². The first kappa shape index (κ1) is 19.9. The first-order valence-electron chi connectivity index (χ1n) is 9.54. The predicted octanol–water partition coefficient (Wildman–Crippen LogP) is 1.97. The molecule has 2 aromatic heterocycles. The van der Waals surface area contributed by atoms with E-state index in [1.807, 2.05) is 36.4 Å². The number of hydrogen-bond donors (Lipinski definition) is 3. The number of carbonyl (C=O) groups is 2. The highest BCUT2D eigenvalue weighted by molar-refractivity contribution is 5.89. The molecule has 0 saturated heterocycles. The summed E-state index contributed by atoms with van der Waals surface area (Å²) in [6, 6.07) is 19.5. The van der Waals surface area contributed by atoms with Crippen molar-refractivity contribution in [3.63, 3.8) is 0 Å². The van der Waals surface area contributed by atoms with Crippen LogP contribution in [-0.2, 0) is 12.8 Å². The van der Waals surface area contributed by atoms with Gasteiger partial charge in [-0.2, -0.15) is 9.36 Å². The number of aromatic amines is 1. The number of nitrogens with zero attached hydrogens (tertiary/aromatic N) is 3. The summed E-state index contributed by atoms with van der Waals surface area (Å²) in [4.78, 5) is 38.5. The second-order valence-electron chi connectivity index (χ2n) is 7.02. The van der Waals surface area contributed by atoms with Crippen molar-refractivity contribution in [2.24, 2.45) is 0 Å². The number of hydrogen-bond acceptors (Lipinski definition) is 6. The number of nitrogen functional groups attached to an aromatic ring is 2. The Balaban J connectivity index is 1.69. The number of H-pyrrole nitrogens is 1. The lowest BCUT2D eigenvalue weighted by Crippen LogP contribution is -2.27. The van der Waals surface area contributed by atoms with Gasteiger partial charge in [0.25, 0.3) is 17.4 Å². The fourth-order valence-electron chi connectivity index (χ4n) is 3.34. The number of anilines is 2. The summed E-state index contributed by atoms with van der Waals surface area (Å²) in [6.45, 7) is 0. The standard InChI is InChI=1S/C22H20N6O3/c23-17-13-16(27(25-17)18(29)11-14-7-3-1-4-8-14)20-21(24)26-28(22(20)31)19(30)12-15-9-5-2-6-10-15/h1-10,13,26H,11-12,24H2,(H2,23,25). The van der Waals surface area contributed by atoms with Crippen molar-refractivity contribution in [2.45, 2.75) is 12.8 Å². The van der Waals surface area contributed by atoms with Crippen LogP contribution in [0.5, 0.6) is 0 Å². The molecule has 0 aliphatic heterocycles. The Labute approximate surface area is 176 Å². The number of benzene rings is 2. The molecule has 0 fully saturated rings. The van der Waals surface area contributed by atoms with Gasteiger partial charge >= 0.3 is 0 Å². The van der Waals surface area contributed by atoms with Crippen LogP contribution in [0.25, 0.3) is 11.3 Å². The molecule has 0 spiro atoms. The first-order valence-corrected chi connectivity index (χ1v) is 9.54. The molecule has 0 saturated carbocycles. The lowest BCUT2D eigenvalue weighted by Gasteiger charge is -2.05. The minimum absolute atomic E-state index is 0.00841. The molecule has 0 atom stereocenters. The maximum absolute atomic E-state index is 13.0. The third-order valence-electron chi connectivity index (χ3n) is 4.78. The third kappa shape index (κ3) is 4.01. The molecule has 9 nitrogen and oxygen atoms in total. The molecular formula is C22H20N6O3. The fourth-order valence-corrected chi connectivity index (χ4v) is 3.34. The average molecular weight is 416 g/mol. The summed E-state index contributed by atoms with van der Waals surface area (Å²) in [7, 11) is 0. The van der Waals surface area contributed by atoms with E-state index in [1.54, 1.807) is 24.3 Å². The molecule has 0 aliphatic carbocycles. The van der Waals surface area contributed by atoms with Crippen LogP contribution in [-0.4, -0.2) is 31.4 Å². The Morgan fingerprint density at radius 2 is 1.42 bits per heavy atom. The second-order valence-corrected chi connectivity index (χ2v) is 7.02. The van der Waals surface area contributed by atoms with Crippen LogP contribution >= 0.6 is 0 Å². The van der Waals surface area contributed by atoms with E-state index in [0.717, 1.165) is 20.5 Å². The Morgan fingerprint density at radius 1 is 0.871 bits per heavy atom. The van der Waals surface area contributed by atoms with Gasteiger partial charge in [-0.25, -0.2) is 0 Å². The van der Waals surface area contributed by atoms with E-state index in [0.29, 0.717) is 0 Å².